The van der Waals surface area contributed by atoms with Crippen LogP contribution in [-0.4, -0.2) is 65.9 Å². The topological polar surface area (TPSA) is 35.9 Å². The van der Waals surface area contributed by atoms with Crippen LogP contribution in [0, 0.1) is 0 Å². The molecule has 0 aromatic heterocycles. The normalized spacial score (nSPS) is 31.1. The predicted octanol–water partition coefficient (Wildman–Crippen LogP) is 1.98. The van der Waals surface area contributed by atoms with Crippen molar-refractivity contribution in [2.45, 2.75) is 44.4 Å². The second-order valence-electron chi connectivity index (χ2n) is 6.43. The molecular formula is C18H28N2O2. The maximum absolute atomic E-state index is 10.8. The van der Waals surface area contributed by atoms with E-state index in [1.165, 1.54) is 0 Å². The average molecular weight is 304 g/mol. The number of nitrogens with zero attached hydrogens (tertiary/aromatic N) is 2. The zero-order valence-corrected chi connectivity index (χ0v) is 13.5. The first-order chi connectivity index (χ1) is 10.8. The molecule has 1 N–H and O–H groups in total. The molecule has 2 fully saturated rings. The molecule has 122 valence electrons. The van der Waals surface area contributed by atoms with Crippen LogP contribution in [-0.2, 0) is 0 Å². The number of likely N-dealkylation sites (N-methyl/N-ethyl adjacent to an activating group) is 1. The van der Waals surface area contributed by atoms with E-state index in [-0.39, 0.29) is 18.2 Å². The number of hydrogen-bond donors (Lipinski definition) is 1. The third kappa shape index (κ3) is 3.62. The quantitative estimate of drug-likeness (QED) is 0.923. The summed E-state index contributed by atoms with van der Waals surface area (Å²) in [6.07, 6.45) is 2.70. The van der Waals surface area contributed by atoms with Crippen molar-refractivity contribution < 1.29 is 9.84 Å². The minimum atomic E-state index is -0.387. The van der Waals surface area contributed by atoms with Gasteiger partial charge in [0.2, 0.25) is 0 Å². The first-order valence-electron chi connectivity index (χ1n) is 8.64. The molecule has 1 aromatic carbocycles. The van der Waals surface area contributed by atoms with Crippen LogP contribution in [0.25, 0.3) is 0 Å². The number of benzene rings is 1. The van der Waals surface area contributed by atoms with Crippen LogP contribution in [0.4, 0.5) is 0 Å². The lowest BCUT2D eigenvalue weighted by molar-refractivity contribution is -0.0629. The van der Waals surface area contributed by atoms with Crippen LogP contribution in [0.2, 0.25) is 0 Å². The molecule has 0 radical (unpaired) electrons. The Labute approximate surface area is 133 Å². The Balaban J connectivity index is 1.59. The fourth-order valence-corrected chi connectivity index (χ4v) is 3.73. The van der Waals surface area contributed by atoms with Gasteiger partial charge in [-0.25, -0.2) is 0 Å². The van der Waals surface area contributed by atoms with Gasteiger partial charge in [-0.3, -0.25) is 4.90 Å². The van der Waals surface area contributed by atoms with Crippen molar-refractivity contribution in [2.75, 3.05) is 32.7 Å². The second-order valence-corrected chi connectivity index (χ2v) is 6.43. The summed E-state index contributed by atoms with van der Waals surface area (Å²) >= 11 is 0. The molecular weight excluding hydrogens is 276 g/mol. The van der Waals surface area contributed by atoms with Crippen LogP contribution >= 0.6 is 0 Å². The van der Waals surface area contributed by atoms with Gasteiger partial charge in [0.05, 0.1) is 0 Å². The predicted molar refractivity (Wildman–Crippen MR) is 88.2 cm³/mol. The fraction of sp³-hybridized carbons (Fsp3) is 0.667. The lowest BCUT2D eigenvalue weighted by atomic mass is 9.88. The molecule has 0 bridgehead atoms. The maximum atomic E-state index is 10.8. The second kappa shape index (κ2) is 7.44. The van der Waals surface area contributed by atoms with Crippen molar-refractivity contribution in [3.8, 4) is 5.75 Å². The maximum Gasteiger partial charge on any atom is 0.126 e. The Morgan fingerprint density at radius 3 is 2.50 bits per heavy atom. The van der Waals surface area contributed by atoms with Crippen molar-refractivity contribution in [1.82, 2.24) is 9.80 Å². The van der Waals surface area contributed by atoms with Gasteiger partial charge in [-0.15, -0.1) is 0 Å². The van der Waals surface area contributed by atoms with Crippen molar-refractivity contribution in [3.05, 3.63) is 30.3 Å². The molecule has 1 saturated carbocycles. The summed E-state index contributed by atoms with van der Waals surface area (Å²) in [7, 11) is 0. The molecule has 4 nitrogen and oxygen atoms in total. The van der Waals surface area contributed by atoms with Gasteiger partial charge in [-0.1, -0.05) is 25.1 Å². The number of aliphatic hydroxyl groups is 1. The van der Waals surface area contributed by atoms with Gasteiger partial charge < -0.3 is 14.7 Å². The van der Waals surface area contributed by atoms with Crippen LogP contribution < -0.4 is 4.74 Å². The van der Waals surface area contributed by atoms with E-state index in [9.17, 15) is 5.11 Å². The number of hydrogen-bond acceptors (Lipinski definition) is 4. The van der Waals surface area contributed by atoms with E-state index in [1.54, 1.807) is 0 Å². The SMILES string of the molecule is CCN1CCN([C@H]2CCC[C@@H](Oc3ccccc3)[C@@H]2O)CC1. The third-order valence-electron chi connectivity index (χ3n) is 5.12. The van der Waals surface area contributed by atoms with E-state index in [0.29, 0.717) is 0 Å². The van der Waals surface area contributed by atoms with Crippen molar-refractivity contribution in [1.29, 1.82) is 0 Å². The van der Waals surface area contributed by atoms with E-state index in [0.717, 1.165) is 57.7 Å². The van der Waals surface area contributed by atoms with Gasteiger partial charge >= 0.3 is 0 Å². The van der Waals surface area contributed by atoms with E-state index < -0.39 is 0 Å². The summed E-state index contributed by atoms with van der Waals surface area (Å²) in [6, 6.07) is 10.1. The molecule has 22 heavy (non-hydrogen) atoms. The number of para-hydroxylation sites is 1. The van der Waals surface area contributed by atoms with Crippen LogP contribution in [0.5, 0.6) is 5.75 Å². The van der Waals surface area contributed by atoms with Gasteiger partial charge in [-0.05, 0) is 37.9 Å². The van der Waals surface area contributed by atoms with Gasteiger partial charge in [-0.2, -0.15) is 0 Å². The van der Waals surface area contributed by atoms with Crippen molar-refractivity contribution in [3.63, 3.8) is 0 Å². The standard InChI is InChI=1S/C18H28N2O2/c1-2-19-11-13-20(14-12-19)16-9-6-10-17(18(16)21)22-15-7-4-3-5-8-15/h3-5,7-8,16-18,21H,2,6,9-14H2,1H3/t16-,17+,18+/m0/s1. The summed E-state index contributed by atoms with van der Waals surface area (Å²) in [4.78, 5) is 4.95. The lowest BCUT2D eigenvalue weighted by Gasteiger charge is -2.44. The Hall–Kier alpha value is -1.10. The first-order valence-corrected chi connectivity index (χ1v) is 8.64. The third-order valence-corrected chi connectivity index (χ3v) is 5.12. The van der Waals surface area contributed by atoms with E-state index in [1.807, 2.05) is 30.3 Å². The fourth-order valence-electron chi connectivity index (χ4n) is 3.73. The van der Waals surface area contributed by atoms with Crippen molar-refractivity contribution in [2.24, 2.45) is 0 Å². The molecule has 4 heteroatoms. The Morgan fingerprint density at radius 2 is 1.82 bits per heavy atom. The molecule has 1 aliphatic carbocycles. The number of ether oxygens (including phenoxy) is 1. The van der Waals surface area contributed by atoms with Gasteiger partial charge in [0.15, 0.2) is 0 Å². The monoisotopic (exact) mass is 304 g/mol. The molecule has 3 atom stereocenters. The van der Waals surface area contributed by atoms with Crippen molar-refractivity contribution >= 4 is 0 Å². The molecule has 1 aliphatic heterocycles. The highest BCUT2D eigenvalue weighted by Gasteiger charge is 2.37. The van der Waals surface area contributed by atoms with Gasteiger partial charge in [0, 0.05) is 32.2 Å². The Morgan fingerprint density at radius 1 is 1.09 bits per heavy atom. The van der Waals surface area contributed by atoms with Gasteiger partial charge in [0.25, 0.3) is 0 Å². The lowest BCUT2D eigenvalue weighted by Crippen LogP contribution is -2.58. The zero-order valence-electron chi connectivity index (χ0n) is 13.5. The van der Waals surface area contributed by atoms with E-state index in [2.05, 4.69) is 16.7 Å². The highest BCUT2D eigenvalue weighted by atomic mass is 16.5. The van der Waals surface area contributed by atoms with Gasteiger partial charge in [0.1, 0.15) is 18.0 Å². The minimum Gasteiger partial charge on any atom is -0.488 e. The zero-order chi connectivity index (χ0) is 15.4. The van der Waals surface area contributed by atoms with E-state index >= 15 is 0 Å². The molecule has 1 heterocycles. The smallest absolute Gasteiger partial charge is 0.126 e. The summed E-state index contributed by atoms with van der Waals surface area (Å²) in [5.74, 6) is 0.864. The molecule has 3 rings (SSSR count). The first kappa shape index (κ1) is 15.8. The average Bonchev–Trinajstić information content (AvgIpc) is 2.58. The Bertz CT molecular complexity index is 446. The number of aliphatic hydroxyl groups excluding tert-OH is 1. The molecule has 0 unspecified atom stereocenters. The van der Waals surface area contributed by atoms with Crippen LogP contribution in [0.3, 0.4) is 0 Å². The minimum absolute atomic E-state index is 0.0784. The number of piperazine rings is 1. The summed E-state index contributed by atoms with van der Waals surface area (Å²) in [5.41, 5.74) is 0. The summed E-state index contributed by atoms with van der Waals surface area (Å²) in [6.45, 7) is 7.70. The molecule has 1 saturated heterocycles. The van der Waals surface area contributed by atoms with Crippen LogP contribution in [0.1, 0.15) is 26.2 Å². The molecule has 0 amide bonds. The molecule has 0 spiro atoms. The van der Waals surface area contributed by atoms with E-state index in [4.69, 9.17) is 4.74 Å². The summed E-state index contributed by atoms with van der Waals surface area (Å²) < 4.78 is 6.04. The molecule has 2 aliphatic rings. The highest BCUT2D eigenvalue weighted by Crippen LogP contribution is 2.28. The van der Waals surface area contributed by atoms with Crippen LogP contribution in [0.15, 0.2) is 30.3 Å². The molecule has 1 aromatic rings. The Kier molecular flexibility index (Phi) is 5.34. The highest BCUT2D eigenvalue weighted by molar-refractivity contribution is 5.21. The largest absolute Gasteiger partial charge is 0.488 e. The number of rotatable bonds is 4. The summed E-state index contributed by atoms with van der Waals surface area (Å²) in [5, 5.41) is 10.8.